The largest absolute Gasteiger partial charge is 0.489 e. The maximum absolute atomic E-state index is 5.92. The Morgan fingerprint density at radius 3 is 2.69 bits per heavy atom. The molecule has 140 valence electrons. The molecule has 1 saturated heterocycles. The van der Waals surface area contributed by atoms with Crippen LogP contribution in [0, 0.1) is 5.92 Å². The van der Waals surface area contributed by atoms with Gasteiger partial charge in [0.05, 0.1) is 0 Å². The van der Waals surface area contributed by atoms with Crippen LogP contribution < -0.4 is 15.4 Å². The lowest BCUT2D eigenvalue weighted by atomic mass is 9.95. The number of allylic oxidation sites excluding steroid dienone is 2. The number of ether oxygens (including phenoxy) is 1. The molecule has 1 aliphatic heterocycles. The normalized spacial score (nSPS) is 25.8. The highest BCUT2D eigenvalue weighted by atomic mass is 16.5. The predicted molar refractivity (Wildman–Crippen MR) is 108 cm³/mol. The van der Waals surface area contributed by atoms with Crippen molar-refractivity contribution in [2.24, 2.45) is 5.92 Å². The van der Waals surface area contributed by atoms with E-state index in [0.717, 1.165) is 24.5 Å². The number of piperidine rings is 1. The molecule has 1 saturated carbocycles. The number of hydrogen-bond acceptors (Lipinski definition) is 3. The van der Waals surface area contributed by atoms with Crippen LogP contribution in [0.2, 0.25) is 0 Å². The second-order valence-electron chi connectivity index (χ2n) is 8.00. The molecule has 3 aliphatic rings. The van der Waals surface area contributed by atoms with Gasteiger partial charge >= 0.3 is 0 Å². The summed E-state index contributed by atoms with van der Waals surface area (Å²) in [6, 6.07) is 9.44. The van der Waals surface area contributed by atoms with Crippen LogP contribution >= 0.6 is 0 Å². The van der Waals surface area contributed by atoms with Crippen molar-refractivity contribution in [2.75, 3.05) is 26.2 Å². The topological polar surface area (TPSA) is 33.3 Å². The van der Waals surface area contributed by atoms with Gasteiger partial charge in [-0.05, 0) is 87.3 Å². The fourth-order valence-electron chi connectivity index (χ4n) is 4.18. The minimum absolute atomic E-state index is 0.681. The lowest BCUT2D eigenvalue weighted by Crippen LogP contribution is -2.30. The van der Waals surface area contributed by atoms with Gasteiger partial charge in [-0.2, -0.15) is 0 Å². The van der Waals surface area contributed by atoms with Gasteiger partial charge in [-0.25, -0.2) is 0 Å². The average Bonchev–Trinajstić information content (AvgIpc) is 3.48. The summed E-state index contributed by atoms with van der Waals surface area (Å²) in [6.45, 7) is 4.27. The maximum atomic E-state index is 5.92. The quantitative estimate of drug-likeness (QED) is 0.736. The third-order valence-electron chi connectivity index (χ3n) is 5.99. The zero-order valence-electron chi connectivity index (χ0n) is 15.8. The van der Waals surface area contributed by atoms with Crippen molar-refractivity contribution in [2.45, 2.75) is 50.5 Å². The Hall–Kier alpha value is -1.58. The van der Waals surface area contributed by atoms with E-state index in [0.29, 0.717) is 18.6 Å². The number of hydrogen-bond donors (Lipinski definition) is 2. The third kappa shape index (κ3) is 4.99. The molecule has 0 radical (unpaired) electrons. The molecule has 0 amide bonds. The number of nitrogens with one attached hydrogen (secondary N) is 2. The highest BCUT2D eigenvalue weighted by molar-refractivity contribution is 5.34. The van der Waals surface area contributed by atoms with Gasteiger partial charge in [0, 0.05) is 12.0 Å². The van der Waals surface area contributed by atoms with Crippen LogP contribution in [0.3, 0.4) is 0 Å². The summed E-state index contributed by atoms with van der Waals surface area (Å²) in [5.74, 6) is 2.59. The monoisotopic (exact) mass is 352 g/mol. The Morgan fingerprint density at radius 2 is 1.92 bits per heavy atom. The molecule has 0 spiro atoms. The van der Waals surface area contributed by atoms with Gasteiger partial charge in [0.2, 0.25) is 0 Å². The third-order valence-corrected chi connectivity index (χ3v) is 5.99. The van der Waals surface area contributed by atoms with Crippen molar-refractivity contribution >= 4 is 0 Å². The van der Waals surface area contributed by atoms with Crippen molar-refractivity contribution in [3.63, 3.8) is 0 Å². The van der Waals surface area contributed by atoms with Gasteiger partial charge in [-0.3, -0.25) is 0 Å². The summed E-state index contributed by atoms with van der Waals surface area (Å²) in [6.07, 6.45) is 14.3. The average molecular weight is 353 g/mol. The molecule has 2 N–H and O–H groups in total. The van der Waals surface area contributed by atoms with Crippen LogP contribution in [0.15, 0.2) is 48.1 Å². The number of benzene rings is 1. The fraction of sp³-hybridized carbons (Fsp3) is 0.565. The lowest BCUT2D eigenvalue weighted by Gasteiger charge is -2.22. The Kier molecular flexibility index (Phi) is 6.08. The van der Waals surface area contributed by atoms with Crippen LogP contribution in [-0.4, -0.2) is 32.3 Å². The van der Waals surface area contributed by atoms with Crippen LogP contribution in [0.5, 0.6) is 5.75 Å². The van der Waals surface area contributed by atoms with E-state index in [1.54, 1.807) is 0 Å². The maximum Gasteiger partial charge on any atom is 0.119 e. The molecular weight excluding hydrogens is 320 g/mol. The Morgan fingerprint density at radius 1 is 1.08 bits per heavy atom. The van der Waals surface area contributed by atoms with Gasteiger partial charge < -0.3 is 15.4 Å². The van der Waals surface area contributed by atoms with Crippen LogP contribution in [-0.2, 0) is 0 Å². The van der Waals surface area contributed by atoms with Gasteiger partial charge in [-0.15, -0.1) is 0 Å². The molecule has 1 aromatic rings. The van der Waals surface area contributed by atoms with Gasteiger partial charge in [0.1, 0.15) is 12.4 Å². The highest BCUT2D eigenvalue weighted by Crippen LogP contribution is 2.41. The SMILES string of the molecule is C1=CC(COc2ccc([C@H]3C[C@@H]3NCCC3CCNCC3)cc2)=CCC1. The standard InChI is InChI=1S/C23H32N2O/c1-2-4-19(5-3-1)17-26-21-8-6-20(7-9-21)22-16-23(22)25-15-12-18-10-13-24-14-11-18/h2,4-9,18,22-25H,1,3,10-17H2/t22-,23+/m1/s1. The Bertz CT molecular complexity index is 628. The molecule has 2 atom stereocenters. The molecule has 4 rings (SSSR count). The van der Waals surface area contributed by atoms with E-state index < -0.39 is 0 Å². The molecule has 3 heteroatoms. The van der Waals surface area contributed by atoms with E-state index >= 15 is 0 Å². The van der Waals surface area contributed by atoms with Gasteiger partial charge in [-0.1, -0.05) is 30.4 Å². The van der Waals surface area contributed by atoms with E-state index in [1.807, 2.05) is 0 Å². The summed E-state index contributed by atoms with van der Waals surface area (Å²) in [7, 11) is 0. The molecule has 3 nitrogen and oxygen atoms in total. The first-order valence-electron chi connectivity index (χ1n) is 10.4. The van der Waals surface area contributed by atoms with Crippen molar-refractivity contribution in [3.05, 3.63) is 53.6 Å². The molecule has 2 aliphatic carbocycles. The van der Waals surface area contributed by atoms with E-state index in [-0.39, 0.29) is 0 Å². The smallest absolute Gasteiger partial charge is 0.119 e. The lowest BCUT2D eigenvalue weighted by molar-refractivity contribution is 0.347. The predicted octanol–water partition coefficient (Wildman–Crippen LogP) is 4.18. The Labute approximate surface area is 157 Å². The number of rotatable bonds is 8. The molecule has 0 bridgehead atoms. The first-order valence-corrected chi connectivity index (χ1v) is 10.4. The summed E-state index contributed by atoms with van der Waals surface area (Å²) in [4.78, 5) is 0. The van der Waals surface area contributed by atoms with E-state index in [1.165, 1.54) is 56.5 Å². The zero-order valence-corrected chi connectivity index (χ0v) is 15.8. The summed E-state index contributed by atoms with van der Waals surface area (Å²) in [5, 5.41) is 7.22. The molecule has 26 heavy (non-hydrogen) atoms. The van der Waals surface area contributed by atoms with Crippen LogP contribution in [0.1, 0.15) is 50.0 Å². The minimum atomic E-state index is 0.681. The summed E-state index contributed by atoms with van der Waals surface area (Å²) < 4.78 is 5.92. The molecule has 0 aromatic heterocycles. The first-order chi connectivity index (χ1) is 12.9. The first kappa shape index (κ1) is 17.8. The van der Waals surface area contributed by atoms with Gasteiger partial charge in [0.15, 0.2) is 0 Å². The van der Waals surface area contributed by atoms with Crippen molar-refractivity contribution in [3.8, 4) is 5.75 Å². The summed E-state index contributed by atoms with van der Waals surface area (Å²) >= 11 is 0. The van der Waals surface area contributed by atoms with E-state index in [4.69, 9.17) is 4.74 Å². The second kappa shape index (κ2) is 8.88. The van der Waals surface area contributed by atoms with Crippen LogP contribution in [0.25, 0.3) is 0 Å². The van der Waals surface area contributed by atoms with Crippen molar-refractivity contribution in [1.82, 2.24) is 10.6 Å². The highest BCUT2D eigenvalue weighted by Gasteiger charge is 2.37. The van der Waals surface area contributed by atoms with Crippen molar-refractivity contribution in [1.29, 1.82) is 0 Å². The molecule has 2 fully saturated rings. The summed E-state index contributed by atoms with van der Waals surface area (Å²) in [5.41, 5.74) is 2.74. The van der Waals surface area contributed by atoms with Crippen LogP contribution in [0.4, 0.5) is 0 Å². The molecule has 1 heterocycles. The zero-order chi connectivity index (χ0) is 17.6. The van der Waals surface area contributed by atoms with E-state index in [9.17, 15) is 0 Å². The van der Waals surface area contributed by atoms with Gasteiger partial charge in [0.25, 0.3) is 0 Å². The fourth-order valence-corrected chi connectivity index (χ4v) is 4.18. The molecule has 0 unspecified atom stereocenters. The minimum Gasteiger partial charge on any atom is -0.489 e. The second-order valence-corrected chi connectivity index (χ2v) is 8.00. The molecular formula is C23H32N2O. The van der Waals surface area contributed by atoms with E-state index in [2.05, 4.69) is 53.1 Å². The molecule has 1 aromatic carbocycles. The van der Waals surface area contributed by atoms with Crippen molar-refractivity contribution < 1.29 is 4.74 Å². The Balaban J connectivity index is 1.17.